The molecule has 1 aliphatic carbocycles. The highest BCUT2D eigenvalue weighted by atomic mass is 32.7. The molecule has 3 aromatic rings. The molecule has 41 heavy (non-hydrogen) atoms. The molecular weight excluding hydrogens is 622 g/mol. The fraction of sp³-hybridized carbons (Fsp3) is 0.550. The van der Waals surface area contributed by atoms with Gasteiger partial charge in [0.15, 0.2) is 11.2 Å². The summed E-state index contributed by atoms with van der Waals surface area (Å²) >= 11 is 9.47. The first-order chi connectivity index (χ1) is 19.4. The van der Waals surface area contributed by atoms with Gasteiger partial charge in [-0.2, -0.15) is 4.98 Å². The van der Waals surface area contributed by atoms with Gasteiger partial charge in [0, 0.05) is 18.2 Å². The lowest BCUT2D eigenvalue weighted by molar-refractivity contribution is -0.0928. The Kier molecular flexibility index (Phi) is 7.74. The number of imidazole rings is 1. The number of hydrogen-bond donors (Lipinski definition) is 6. The van der Waals surface area contributed by atoms with Crippen LogP contribution in [0.1, 0.15) is 12.8 Å². The Bertz CT molecular complexity index is 1600. The summed E-state index contributed by atoms with van der Waals surface area (Å²) < 4.78 is 43.7. The van der Waals surface area contributed by atoms with E-state index in [2.05, 4.69) is 42.5 Å². The van der Waals surface area contributed by atoms with Gasteiger partial charge in [0.25, 0.3) is 5.56 Å². The molecule has 2 aliphatic heterocycles. The molecule has 8 atom stereocenters. The standard InChI is InChI=1S/C20H26N8O9P2S2/c21-19-26-17-15(18(30)27-19)24-9-28(17)20-7-33-13(16(20)29)6-35-38(31,40)36-12-4-11(25-14-1-2-22-8-23-14)3-10(12)5-34-39(32,41)37-20/h1-2,8-13,16,29H,3-7H2,(H,31,40)(H,32,41)(H,22,23,25)(H3,21,26,27,30)/t10-,11-,12+,13+,16-,20-,38?,39?/m1/s1. The van der Waals surface area contributed by atoms with Crippen molar-refractivity contribution in [2.75, 3.05) is 30.9 Å². The SMILES string of the molecule is Nc1nc2c(ncn2[C@]23CO[C@@H](COP(O)(=S)O[C@H]4C[C@H](Nc5ccncn5)C[C@@H]4COP(=O)(S)O2)[C@H]3O)c(=O)[nH]1. The molecule has 0 aromatic carbocycles. The number of hydrogen-bond acceptors (Lipinski definition) is 15. The normalized spacial score (nSPS) is 38.1. The van der Waals surface area contributed by atoms with Crippen molar-refractivity contribution in [3.8, 4) is 0 Å². The van der Waals surface area contributed by atoms with Crippen LogP contribution in [0, 0.1) is 5.92 Å². The van der Waals surface area contributed by atoms with Crippen LogP contribution in [0.3, 0.4) is 0 Å². The Morgan fingerprint density at radius 1 is 1.27 bits per heavy atom. The molecule has 3 aliphatic rings. The van der Waals surface area contributed by atoms with Crippen LogP contribution in [-0.2, 0) is 44.9 Å². The number of nitrogen functional groups attached to an aromatic ring is 1. The number of ether oxygens (including phenoxy) is 1. The van der Waals surface area contributed by atoms with Crippen molar-refractivity contribution in [1.82, 2.24) is 29.5 Å². The summed E-state index contributed by atoms with van der Waals surface area (Å²) in [5, 5.41) is 14.7. The first-order valence-corrected chi connectivity index (χ1v) is 17.6. The highest BCUT2D eigenvalue weighted by molar-refractivity contribution is 8.44. The second-order valence-corrected chi connectivity index (χ2v) is 15.4. The van der Waals surface area contributed by atoms with E-state index in [4.69, 9.17) is 40.4 Å². The Morgan fingerprint density at radius 3 is 2.88 bits per heavy atom. The monoisotopic (exact) mass is 648 g/mol. The number of aromatic amines is 1. The molecule has 2 saturated heterocycles. The van der Waals surface area contributed by atoms with Crippen LogP contribution >= 0.6 is 25.8 Å². The van der Waals surface area contributed by atoms with E-state index in [0.29, 0.717) is 18.7 Å². The molecule has 3 aromatic heterocycles. The van der Waals surface area contributed by atoms with Gasteiger partial charge in [-0.05, 0) is 30.7 Å². The fourth-order valence-corrected chi connectivity index (χ4v) is 8.47. The molecule has 5 heterocycles. The number of nitrogens with two attached hydrogens (primary N) is 1. The Balaban J connectivity index is 1.33. The number of nitrogens with one attached hydrogen (secondary N) is 2. The van der Waals surface area contributed by atoms with Crippen molar-refractivity contribution in [2.24, 2.45) is 5.92 Å². The quantitative estimate of drug-likeness (QED) is 0.168. The molecule has 0 spiro atoms. The zero-order valence-electron chi connectivity index (χ0n) is 21.0. The maximum absolute atomic E-state index is 13.7. The van der Waals surface area contributed by atoms with Crippen LogP contribution in [0.2, 0.25) is 0 Å². The maximum atomic E-state index is 13.7. The maximum Gasteiger partial charge on any atom is 0.388 e. The minimum Gasteiger partial charge on any atom is -0.385 e. The molecule has 2 unspecified atom stereocenters. The molecule has 0 radical (unpaired) electrons. The molecule has 222 valence electrons. The zero-order chi connectivity index (χ0) is 29.0. The molecule has 17 nitrogen and oxygen atoms in total. The predicted molar refractivity (Wildman–Crippen MR) is 149 cm³/mol. The molecule has 0 amide bonds. The summed E-state index contributed by atoms with van der Waals surface area (Å²) in [7, 11) is 0. The zero-order valence-corrected chi connectivity index (χ0v) is 24.5. The van der Waals surface area contributed by atoms with Crippen LogP contribution in [0.4, 0.5) is 11.8 Å². The van der Waals surface area contributed by atoms with E-state index >= 15 is 0 Å². The molecule has 1 saturated carbocycles. The lowest BCUT2D eigenvalue weighted by atomic mass is 10.1. The second kappa shape index (κ2) is 10.9. The van der Waals surface area contributed by atoms with E-state index in [0.717, 1.165) is 0 Å². The highest BCUT2D eigenvalue weighted by Crippen LogP contribution is 2.60. The van der Waals surface area contributed by atoms with Crippen LogP contribution < -0.4 is 16.6 Å². The van der Waals surface area contributed by atoms with E-state index in [1.165, 1.54) is 17.2 Å². The van der Waals surface area contributed by atoms with Gasteiger partial charge >= 0.3 is 13.5 Å². The van der Waals surface area contributed by atoms with Gasteiger partial charge in [0.05, 0.1) is 32.3 Å². The first kappa shape index (κ1) is 29.1. The average Bonchev–Trinajstić information content (AvgIpc) is 3.58. The first-order valence-electron chi connectivity index (χ1n) is 12.3. The third-order valence-corrected chi connectivity index (χ3v) is 10.3. The third-order valence-electron chi connectivity index (χ3n) is 7.11. The highest BCUT2D eigenvalue weighted by Gasteiger charge is 2.57. The van der Waals surface area contributed by atoms with Gasteiger partial charge in [-0.1, -0.05) is 12.2 Å². The van der Waals surface area contributed by atoms with Crippen molar-refractivity contribution in [3.05, 3.63) is 35.3 Å². The fourth-order valence-electron chi connectivity index (χ4n) is 5.25. The van der Waals surface area contributed by atoms with E-state index < -0.39 is 62.2 Å². The topological polar surface area (TPSA) is 231 Å². The number of anilines is 2. The van der Waals surface area contributed by atoms with Gasteiger partial charge in [-0.3, -0.25) is 18.9 Å². The number of aromatic nitrogens is 6. The van der Waals surface area contributed by atoms with Gasteiger partial charge in [-0.25, -0.2) is 19.5 Å². The van der Waals surface area contributed by atoms with Crippen LogP contribution in [0.15, 0.2) is 29.7 Å². The molecule has 2 bridgehead atoms. The van der Waals surface area contributed by atoms with E-state index in [9.17, 15) is 19.4 Å². The number of rotatable bonds is 3. The van der Waals surface area contributed by atoms with Gasteiger partial charge in [0.1, 0.15) is 24.4 Å². The number of nitrogens with zero attached hydrogens (tertiary/aromatic N) is 5. The third kappa shape index (κ3) is 5.81. The second-order valence-electron chi connectivity index (χ2n) is 9.81. The van der Waals surface area contributed by atoms with Crippen molar-refractivity contribution in [3.63, 3.8) is 0 Å². The molecule has 6 rings (SSSR count). The minimum absolute atomic E-state index is 0.0711. The lowest BCUT2D eigenvalue weighted by Crippen LogP contribution is -2.48. The van der Waals surface area contributed by atoms with Crippen LogP contribution in [-0.4, -0.2) is 83.7 Å². The Labute approximate surface area is 242 Å². The largest absolute Gasteiger partial charge is 0.388 e. The summed E-state index contributed by atoms with van der Waals surface area (Å²) in [6.45, 7) is -9.10. The number of thiol groups is 1. The Morgan fingerprint density at radius 2 is 2.10 bits per heavy atom. The number of aliphatic hydroxyl groups is 1. The van der Waals surface area contributed by atoms with E-state index in [1.54, 1.807) is 12.3 Å². The number of H-pyrrole nitrogens is 1. The molecule has 6 N–H and O–H groups in total. The molecule has 3 fully saturated rings. The van der Waals surface area contributed by atoms with Crippen molar-refractivity contribution in [2.45, 2.75) is 42.9 Å². The van der Waals surface area contributed by atoms with Crippen molar-refractivity contribution < 1.29 is 37.4 Å². The summed E-state index contributed by atoms with van der Waals surface area (Å²) in [5.41, 5.74) is 2.93. The van der Waals surface area contributed by atoms with Crippen LogP contribution in [0.25, 0.3) is 11.2 Å². The summed E-state index contributed by atoms with van der Waals surface area (Å²) in [6, 6.07) is 1.55. The molecular formula is C20H26N8O9P2S2. The smallest absolute Gasteiger partial charge is 0.385 e. The van der Waals surface area contributed by atoms with Gasteiger partial charge < -0.3 is 39.4 Å². The summed E-state index contributed by atoms with van der Waals surface area (Å²) in [4.78, 5) is 41.9. The number of aliphatic hydroxyl groups excluding tert-OH is 1. The number of fused-ring (bicyclic) bond motifs is 4. The van der Waals surface area contributed by atoms with Crippen molar-refractivity contribution in [1.29, 1.82) is 0 Å². The van der Waals surface area contributed by atoms with E-state index in [1.807, 2.05) is 0 Å². The summed E-state index contributed by atoms with van der Waals surface area (Å²) in [5.74, 6) is -0.0482. The predicted octanol–water partition coefficient (Wildman–Crippen LogP) is 0.498. The van der Waals surface area contributed by atoms with Crippen molar-refractivity contribution >= 4 is 60.5 Å². The van der Waals surface area contributed by atoms with Gasteiger partial charge in [-0.15, -0.1) is 0 Å². The van der Waals surface area contributed by atoms with Crippen LogP contribution in [0.5, 0.6) is 0 Å². The summed E-state index contributed by atoms with van der Waals surface area (Å²) in [6.07, 6.45) is 1.63. The average molecular weight is 649 g/mol. The molecule has 21 heteroatoms. The van der Waals surface area contributed by atoms with E-state index in [-0.39, 0.29) is 29.8 Å². The minimum atomic E-state index is -4.27. The lowest BCUT2D eigenvalue weighted by Gasteiger charge is -2.34. The van der Waals surface area contributed by atoms with Gasteiger partial charge in [0.2, 0.25) is 11.7 Å². The Hall–Kier alpha value is -2.02.